The maximum absolute atomic E-state index is 14.7. The van der Waals surface area contributed by atoms with Crippen molar-refractivity contribution in [2.75, 3.05) is 39.3 Å². The van der Waals surface area contributed by atoms with Crippen LogP contribution in [0.2, 0.25) is 0 Å². The van der Waals surface area contributed by atoms with Crippen molar-refractivity contribution in [3.8, 4) is 5.75 Å². The molecule has 0 heterocycles. The fourth-order valence-electron chi connectivity index (χ4n) is 12.8. The van der Waals surface area contributed by atoms with Gasteiger partial charge in [0.2, 0.25) is 88.6 Å². The van der Waals surface area contributed by atoms with Crippen LogP contribution in [0.15, 0.2) is 115 Å². The summed E-state index contributed by atoms with van der Waals surface area (Å²) in [4.78, 5) is 210. The van der Waals surface area contributed by atoms with Crippen molar-refractivity contribution in [1.82, 2.24) is 79.8 Å². The van der Waals surface area contributed by atoms with Gasteiger partial charge in [-0.05, 0) is 143 Å². The molecule has 123 heavy (non-hydrogen) atoms. The molecule has 0 aliphatic rings. The number of carbonyl (C=O) groups is 15. The minimum Gasteiger partial charge on any atom is -0.508 e. The molecule has 15 amide bonds. The van der Waals surface area contributed by atoms with E-state index >= 15 is 0 Å². The number of rotatable bonds is 57. The SMILES string of the molecule is CC[C@H](C)[C@H](NC(=O)[C@H](CCCCN)NC(=O)[C@H](Cc1ccc(O)cc1)NC(=O)CNC(=O)[C@H](C)NC(=O)[C@H](CCCCN)NC(=O)[C@H](CC(C)C)NC(=O)[C@H](CCCNC(=N)N)NC(=O)[C@H](Cc1ccccc1)NC(=O)[C@H](CC(N)=O)NC(=O)[C@@H](N)Cc1ccccc1)C(=O)N[C@@H](CCCNC(=N)N)C(=O)N[C@@H](Cc1ccccc1)C(=O)NCC(N)=O. The number of guanidine groups is 2. The molecular formula is C83H126N24O16. The van der Waals surface area contributed by atoms with Crippen LogP contribution in [0.25, 0.3) is 0 Å². The Labute approximate surface area is 715 Å². The number of amides is 15. The van der Waals surface area contributed by atoms with Crippen LogP contribution in [0.3, 0.4) is 0 Å². The zero-order valence-electron chi connectivity index (χ0n) is 70.4. The van der Waals surface area contributed by atoms with E-state index in [-0.39, 0.29) is 133 Å². The number of hydrogen-bond acceptors (Lipinski definition) is 21. The number of phenols is 1. The molecule has 40 heteroatoms. The lowest BCUT2D eigenvalue weighted by molar-refractivity contribution is -0.136. The largest absolute Gasteiger partial charge is 0.508 e. The molecule has 0 aliphatic carbocycles. The van der Waals surface area contributed by atoms with Crippen LogP contribution < -0.4 is 120 Å². The number of carbonyl (C=O) groups excluding carboxylic acids is 15. The van der Waals surface area contributed by atoms with Gasteiger partial charge >= 0.3 is 0 Å². The van der Waals surface area contributed by atoms with Gasteiger partial charge in [0.15, 0.2) is 11.9 Å². The molecule has 0 saturated carbocycles. The lowest BCUT2D eigenvalue weighted by Gasteiger charge is -2.29. The minimum absolute atomic E-state index is 0.0271. The first-order valence-corrected chi connectivity index (χ1v) is 41.2. The van der Waals surface area contributed by atoms with Crippen molar-refractivity contribution in [3.63, 3.8) is 0 Å². The monoisotopic (exact) mass is 1710 g/mol. The van der Waals surface area contributed by atoms with Gasteiger partial charge in [-0.1, -0.05) is 137 Å². The summed E-state index contributed by atoms with van der Waals surface area (Å²) >= 11 is 0. The fraction of sp³-hybridized carbons (Fsp3) is 0.506. The average molecular weight is 1720 g/mol. The summed E-state index contributed by atoms with van der Waals surface area (Å²) in [7, 11) is 0. The van der Waals surface area contributed by atoms with Crippen LogP contribution in [0.5, 0.6) is 5.75 Å². The molecule has 4 rings (SSSR count). The first-order valence-electron chi connectivity index (χ1n) is 41.2. The standard InChI is InChI=1S/C83H126N24O16/c1-6-49(4)69(81(123)102-60(31-21-39-94-83(91)92)75(117)105-62(72(114)95-46-67(88)110)42-52-24-12-8-13-25-52)107-76(118)58(29-17-19-37-85)100-78(120)63(44-54-32-34-55(108)35-33-54)98-68(111)47-96-70(112)50(5)97-73(115)57(28-16-18-36-84)99-77(119)61(40-48(2)3)104-74(116)59(30-20-38-93-82(89)90)101-79(121)64(43-53-26-14-9-15-27-53)106-80(122)65(45-66(87)109)103-71(113)56(86)41-51-22-10-7-11-23-51/h7-15,22-27,32-35,48-50,56-65,69,108H,6,16-21,28-31,36-47,84-86H2,1-5H3,(H2,87,109)(H2,88,110)(H,95,114)(H,96,112)(H,97,115)(H,98,111)(H,99,119)(H,100,120)(H,101,121)(H,102,123)(H,103,113)(H,104,116)(H,105,117)(H,106,122)(H,107,118)(H4,89,90,93)(H4,91,92,94)/t49-,50-,56-,57-,58-,59-,60-,61-,62-,63-,64-,65-,69-/m0/s1. The number of benzene rings is 4. The topological polar surface area (TPSA) is 687 Å². The molecule has 40 nitrogen and oxygen atoms in total. The second-order valence-corrected chi connectivity index (χ2v) is 30.5. The van der Waals surface area contributed by atoms with Gasteiger partial charge in [-0.25, -0.2) is 0 Å². The van der Waals surface area contributed by atoms with Crippen molar-refractivity contribution < 1.29 is 77.0 Å². The van der Waals surface area contributed by atoms with Crippen molar-refractivity contribution in [1.29, 1.82) is 10.8 Å². The Morgan fingerprint density at radius 2 is 0.715 bits per heavy atom. The van der Waals surface area contributed by atoms with E-state index in [4.69, 9.17) is 51.0 Å². The molecule has 0 unspecified atom stereocenters. The molecular weight excluding hydrogens is 1590 g/mol. The van der Waals surface area contributed by atoms with Gasteiger partial charge < -0.3 is 125 Å². The molecule has 0 saturated heterocycles. The van der Waals surface area contributed by atoms with Crippen molar-refractivity contribution in [2.24, 2.45) is 52.0 Å². The van der Waals surface area contributed by atoms with E-state index < -0.39 is 187 Å². The molecule has 0 aliphatic heterocycles. The van der Waals surface area contributed by atoms with Crippen LogP contribution in [0.4, 0.5) is 0 Å². The van der Waals surface area contributed by atoms with Crippen LogP contribution in [0.1, 0.15) is 140 Å². The predicted octanol–water partition coefficient (Wildman–Crippen LogP) is -4.19. The number of phenolic OH excluding ortho intramolecular Hbond substituents is 1. The molecule has 0 bridgehead atoms. The fourth-order valence-corrected chi connectivity index (χ4v) is 12.8. The summed E-state index contributed by atoms with van der Waals surface area (Å²) in [6.45, 7) is 7.42. The third-order valence-corrected chi connectivity index (χ3v) is 19.7. The number of aromatic hydroxyl groups is 1. The third kappa shape index (κ3) is 39.9. The normalized spacial score (nSPS) is 14.2. The second-order valence-electron chi connectivity index (χ2n) is 30.5. The molecule has 674 valence electrons. The Balaban J connectivity index is 1.56. The first-order chi connectivity index (χ1) is 58.5. The lowest BCUT2D eigenvalue weighted by atomic mass is 9.96. The Kier molecular flexibility index (Phi) is 46.0. The van der Waals surface area contributed by atoms with Gasteiger partial charge in [0.25, 0.3) is 0 Å². The Morgan fingerprint density at radius 3 is 1.15 bits per heavy atom. The smallest absolute Gasteiger partial charge is 0.243 e. The van der Waals surface area contributed by atoms with Gasteiger partial charge in [0.05, 0.1) is 25.6 Å². The van der Waals surface area contributed by atoms with Crippen molar-refractivity contribution in [2.45, 2.75) is 216 Å². The number of nitrogens with one attached hydrogen (secondary N) is 17. The van der Waals surface area contributed by atoms with Crippen molar-refractivity contribution >= 4 is 101 Å². The van der Waals surface area contributed by atoms with E-state index in [1.165, 1.54) is 31.2 Å². The summed E-state index contributed by atoms with van der Waals surface area (Å²) in [6, 6.07) is 14.7. The molecule has 32 N–H and O–H groups in total. The maximum atomic E-state index is 14.7. The summed E-state index contributed by atoms with van der Waals surface area (Å²) < 4.78 is 0. The number of unbranched alkanes of at least 4 members (excludes halogenated alkanes) is 2. The van der Waals surface area contributed by atoms with E-state index in [2.05, 4.69) is 79.8 Å². The summed E-state index contributed by atoms with van der Waals surface area (Å²) in [5.41, 5.74) is 42.2. The highest BCUT2D eigenvalue weighted by Crippen LogP contribution is 2.17. The number of primary amides is 2. The minimum atomic E-state index is -1.61. The highest BCUT2D eigenvalue weighted by atomic mass is 16.3. The van der Waals surface area contributed by atoms with Gasteiger partial charge in [0.1, 0.15) is 72.2 Å². The van der Waals surface area contributed by atoms with Gasteiger partial charge in [-0.2, -0.15) is 0 Å². The molecule has 4 aromatic rings. The molecule has 0 fully saturated rings. The molecule has 0 spiro atoms. The van der Waals surface area contributed by atoms with E-state index in [9.17, 15) is 77.0 Å². The highest BCUT2D eigenvalue weighted by Gasteiger charge is 2.38. The summed E-state index contributed by atoms with van der Waals surface area (Å²) in [5.74, 6) is -14.9. The van der Waals surface area contributed by atoms with Crippen LogP contribution in [-0.4, -0.2) is 217 Å². The van der Waals surface area contributed by atoms with E-state index in [0.29, 0.717) is 41.5 Å². The van der Waals surface area contributed by atoms with E-state index in [1.54, 1.807) is 119 Å². The molecule has 0 radical (unpaired) electrons. The number of hydrogen-bond donors (Lipinski definition) is 25. The lowest BCUT2D eigenvalue weighted by Crippen LogP contribution is -2.61. The quantitative estimate of drug-likeness (QED) is 0.0113. The Hall–Kier alpha value is -12.9. The van der Waals surface area contributed by atoms with Crippen LogP contribution >= 0.6 is 0 Å². The molecule has 4 aromatic carbocycles. The third-order valence-electron chi connectivity index (χ3n) is 19.7. The zero-order chi connectivity index (χ0) is 91.1. The summed E-state index contributed by atoms with van der Waals surface area (Å²) in [6.07, 6.45) is 0.473. The van der Waals surface area contributed by atoms with Gasteiger partial charge in [-0.15, -0.1) is 0 Å². The Morgan fingerprint density at radius 1 is 0.358 bits per heavy atom. The second kappa shape index (κ2) is 55.1. The van der Waals surface area contributed by atoms with Gasteiger partial charge in [0, 0.05) is 32.4 Å². The first kappa shape index (κ1) is 102. The zero-order valence-corrected chi connectivity index (χ0v) is 70.4. The van der Waals surface area contributed by atoms with Gasteiger partial charge in [-0.3, -0.25) is 82.7 Å². The van der Waals surface area contributed by atoms with Crippen molar-refractivity contribution in [3.05, 3.63) is 138 Å². The average Bonchev–Trinajstić information content (AvgIpc) is 0.852. The molecule has 0 aromatic heterocycles. The van der Waals surface area contributed by atoms with Crippen LogP contribution in [-0.2, 0) is 97.6 Å². The van der Waals surface area contributed by atoms with Crippen LogP contribution in [0, 0.1) is 22.7 Å². The van der Waals surface area contributed by atoms with E-state index in [1.807, 2.05) is 0 Å². The number of nitrogens with two attached hydrogens (primary N) is 7. The maximum Gasteiger partial charge on any atom is 0.243 e. The molecule has 13 atom stereocenters. The Bertz CT molecular complexity index is 4130. The highest BCUT2D eigenvalue weighted by molar-refractivity contribution is 6.00. The van der Waals surface area contributed by atoms with E-state index in [0.717, 1.165) is 0 Å². The summed E-state index contributed by atoms with van der Waals surface area (Å²) in [5, 5.41) is 64.8. The predicted molar refractivity (Wildman–Crippen MR) is 459 cm³/mol.